The van der Waals surface area contributed by atoms with Gasteiger partial charge in [0.1, 0.15) is 0 Å². The Labute approximate surface area is 204 Å². The number of nitrogens with zero attached hydrogens (tertiary/aromatic N) is 1. The van der Waals surface area contributed by atoms with Gasteiger partial charge in [-0.25, -0.2) is 0 Å². The standard InChI is InChI=1S/C23H18Cl3NO6/c1-31-6-5-27-19(11-3-4-14(25)15(26)8-11)18(21(29)23(27)30)20(28)16-9-12-7-13(24)10-17(32-2)22(12)33-16/h3-4,7-10,19,29H,5-6H2,1-2H3. The summed E-state index contributed by atoms with van der Waals surface area (Å²) in [4.78, 5) is 27.8. The fourth-order valence-corrected chi connectivity index (χ4v) is 4.34. The van der Waals surface area contributed by atoms with Crippen LogP contribution in [0.2, 0.25) is 15.1 Å². The summed E-state index contributed by atoms with van der Waals surface area (Å²) in [5.41, 5.74) is 0.675. The third-order valence-corrected chi connectivity index (χ3v) is 6.29. The Morgan fingerprint density at radius 3 is 2.55 bits per heavy atom. The van der Waals surface area contributed by atoms with Gasteiger partial charge in [0.05, 0.1) is 35.4 Å². The molecule has 1 unspecified atom stereocenters. The molecule has 0 fully saturated rings. The summed E-state index contributed by atoms with van der Waals surface area (Å²) in [5.74, 6) is -1.77. The van der Waals surface area contributed by atoms with Crippen molar-refractivity contribution >= 4 is 57.5 Å². The summed E-state index contributed by atoms with van der Waals surface area (Å²) in [6, 6.07) is 8.49. The maximum Gasteiger partial charge on any atom is 0.290 e. The Kier molecular flexibility index (Phi) is 6.59. The fourth-order valence-electron chi connectivity index (χ4n) is 3.82. The summed E-state index contributed by atoms with van der Waals surface area (Å²) in [7, 11) is 2.94. The van der Waals surface area contributed by atoms with E-state index >= 15 is 0 Å². The lowest BCUT2D eigenvalue weighted by molar-refractivity contribution is -0.130. The van der Waals surface area contributed by atoms with Crippen molar-refractivity contribution in [3.63, 3.8) is 0 Å². The van der Waals surface area contributed by atoms with Gasteiger partial charge in [-0.3, -0.25) is 9.59 Å². The molecule has 1 N–H and O–H groups in total. The Balaban J connectivity index is 1.84. The number of fused-ring (bicyclic) bond motifs is 1. The van der Waals surface area contributed by atoms with Crippen molar-refractivity contribution in [2.45, 2.75) is 6.04 Å². The molecule has 0 saturated carbocycles. The second kappa shape index (κ2) is 9.27. The molecule has 1 aliphatic rings. The van der Waals surface area contributed by atoms with E-state index in [4.69, 9.17) is 48.7 Å². The van der Waals surface area contributed by atoms with Crippen LogP contribution in [0.3, 0.4) is 0 Å². The first kappa shape index (κ1) is 23.4. The first-order valence-corrected chi connectivity index (χ1v) is 10.9. The highest BCUT2D eigenvalue weighted by Gasteiger charge is 2.44. The second-order valence-electron chi connectivity index (χ2n) is 7.30. The molecular weight excluding hydrogens is 493 g/mol. The largest absolute Gasteiger partial charge is 0.503 e. The lowest BCUT2D eigenvalue weighted by atomic mass is 9.95. The van der Waals surface area contributed by atoms with Crippen molar-refractivity contribution in [3.05, 3.63) is 74.1 Å². The molecule has 3 aromatic rings. The molecule has 2 aromatic carbocycles. The van der Waals surface area contributed by atoms with Crippen LogP contribution >= 0.6 is 34.8 Å². The van der Waals surface area contributed by atoms with Crippen LogP contribution in [0.5, 0.6) is 5.75 Å². The average molecular weight is 511 g/mol. The van der Waals surface area contributed by atoms with Crippen LogP contribution in [0, 0.1) is 0 Å². The summed E-state index contributed by atoms with van der Waals surface area (Å²) >= 11 is 18.4. The summed E-state index contributed by atoms with van der Waals surface area (Å²) in [6.07, 6.45) is 0. The van der Waals surface area contributed by atoms with Crippen LogP contribution in [0.1, 0.15) is 22.2 Å². The zero-order valence-corrected chi connectivity index (χ0v) is 19.8. The minimum absolute atomic E-state index is 0.0847. The van der Waals surface area contributed by atoms with Crippen LogP contribution in [0.15, 0.2) is 52.1 Å². The van der Waals surface area contributed by atoms with Gasteiger partial charge < -0.3 is 23.9 Å². The van der Waals surface area contributed by atoms with E-state index in [9.17, 15) is 14.7 Å². The van der Waals surface area contributed by atoms with Gasteiger partial charge >= 0.3 is 0 Å². The molecule has 2 heterocycles. The molecule has 0 radical (unpaired) electrons. The van der Waals surface area contributed by atoms with E-state index in [-0.39, 0.29) is 29.5 Å². The van der Waals surface area contributed by atoms with Gasteiger partial charge in [-0.15, -0.1) is 0 Å². The predicted molar refractivity (Wildman–Crippen MR) is 125 cm³/mol. The number of halogens is 3. The van der Waals surface area contributed by atoms with Crippen LogP contribution in [0.25, 0.3) is 11.0 Å². The van der Waals surface area contributed by atoms with E-state index in [1.165, 1.54) is 25.2 Å². The number of hydrogen-bond acceptors (Lipinski definition) is 6. The monoisotopic (exact) mass is 509 g/mol. The zero-order chi connectivity index (χ0) is 23.9. The van der Waals surface area contributed by atoms with Crippen molar-refractivity contribution in [2.24, 2.45) is 0 Å². The molecule has 7 nitrogen and oxygen atoms in total. The van der Waals surface area contributed by atoms with Crippen molar-refractivity contribution in [3.8, 4) is 5.75 Å². The number of amides is 1. The smallest absolute Gasteiger partial charge is 0.290 e. The predicted octanol–water partition coefficient (Wildman–Crippen LogP) is 5.63. The van der Waals surface area contributed by atoms with Crippen molar-refractivity contribution in [1.82, 2.24) is 4.90 Å². The van der Waals surface area contributed by atoms with E-state index in [1.807, 2.05) is 0 Å². The highest BCUT2D eigenvalue weighted by atomic mass is 35.5. The highest BCUT2D eigenvalue weighted by Crippen LogP contribution is 2.41. The average Bonchev–Trinajstić information content (AvgIpc) is 3.32. The molecule has 1 aromatic heterocycles. The quantitative estimate of drug-likeness (QED) is 0.415. The summed E-state index contributed by atoms with van der Waals surface area (Å²) in [6.45, 7) is 0.323. The van der Waals surface area contributed by atoms with E-state index in [1.54, 1.807) is 30.3 Å². The van der Waals surface area contributed by atoms with Gasteiger partial charge in [-0.2, -0.15) is 0 Å². The molecule has 172 valence electrons. The number of ketones is 1. The number of methoxy groups -OCH3 is 2. The number of Topliss-reactive ketones (excluding diaryl/α,β-unsaturated/α-hetero) is 1. The third-order valence-electron chi connectivity index (χ3n) is 5.33. The topological polar surface area (TPSA) is 89.2 Å². The third kappa shape index (κ3) is 4.17. The Bertz CT molecular complexity index is 1300. The minimum Gasteiger partial charge on any atom is -0.503 e. The maximum absolute atomic E-state index is 13.6. The van der Waals surface area contributed by atoms with Crippen LogP contribution in [-0.2, 0) is 9.53 Å². The molecule has 1 aliphatic heterocycles. The molecule has 1 amide bonds. The van der Waals surface area contributed by atoms with Crippen molar-refractivity contribution < 1.29 is 28.6 Å². The molecular formula is C23H18Cl3NO6. The molecule has 33 heavy (non-hydrogen) atoms. The SMILES string of the molecule is COCCN1C(=O)C(O)=C(C(=O)c2cc3cc(Cl)cc(OC)c3o2)C1c1ccc(Cl)c(Cl)c1. The van der Waals surface area contributed by atoms with Crippen LogP contribution in [0.4, 0.5) is 0 Å². The number of carbonyl (C=O) groups excluding carboxylic acids is 2. The highest BCUT2D eigenvalue weighted by molar-refractivity contribution is 6.42. The van der Waals surface area contributed by atoms with Crippen LogP contribution in [-0.4, -0.2) is 49.1 Å². The van der Waals surface area contributed by atoms with Crippen LogP contribution < -0.4 is 4.74 Å². The molecule has 10 heteroatoms. The number of aliphatic hydroxyl groups is 1. The van der Waals surface area contributed by atoms with E-state index in [0.717, 1.165) is 0 Å². The van der Waals surface area contributed by atoms with Gasteiger partial charge in [0.15, 0.2) is 22.9 Å². The van der Waals surface area contributed by atoms with Crippen molar-refractivity contribution in [2.75, 3.05) is 27.4 Å². The number of furan rings is 1. The van der Waals surface area contributed by atoms with Gasteiger partial charge in [0.2, 0.25) is 5.78 Å². The molecule has 0 bridgehead atoms. The normalized spacial score (nSPS) is 16.2. The number of benzene rings is 2. The van der Waals surface area contributed by atoms with Gasteiger partial charge in [0, 0.05) is 30.1 Å². The first-order valence-electron chi connectivity index (χ1n) is 9.76. The van der Waals surface area contributed by atoms with E-state index < -0.39 is 23.5 Å². The molecule has 1 atom stereocenters. The minimum atomic E-state index is -0.923. The number of carbonyl (C=O) groups is 2. The number of hydrogen-bond donors (Lipinski definition) is 1. The number of ether oxygens (including phenoxy) is 2. The van der Waals surface area contributed by atoms with Gasteiger partial charge in [-0.05, 0) is 29.8 Å². The Morgan fingerprint density at radius 1 is 1.12 bits per heavy atom. The molecule has 4 rings (SSSR count). The maximum atomic E-state index is 13.6. The Hall–Kier alpha value is -2.71. The molecule has 0 saturated heterocycles. The fraction of sp³-hybridized carbons (Fsp3) is 0.217. The molecule has 0 aliphatic carbocycles. The number of rotatable bonds is 7. The molecule has 0 spiro atoms. The number of aliphatic hydroxyl groups excluding tert-OH is 1. The zero-order valence-electron chi connectivity index (χ0n) is 17.5. The van der Waals surface area contributed by atoms with Crippen molar-refractivity contribution in [1.29, 1.82) is 0 Å². The first-order chi connectivity index (χ1) is 15.8. The van der Waals surface area contributed by atoms with E-state index in [2.05, 4.69) is 0 Å². The lowest BCUT2D eigenvalue weighted by Crippen LogP contribution is -2.34. The van der Waals surface area contributed by atoms with E-state index in [0.29, 0.717) is 32.3 Å². The lowest BCUT2D eigenvalue weighted by Gasteiger charge is -2.26. The summed E-state index contributed by atoms with van der Waals surface area (Å²) < 4.78 is 16.2. The summed E-state index contributed by atoms with van der Waals surface area (Å²) in [5, 5.41) is 12.2. The van der Waals surface area contributed by atoms with Gasteiger partial charge in [0.25, 0.3) is 5.91 Å². The Morgan fingerprint density at radius 2 is 1.88 bits per heavy atom. The second-order valence-corrected chi connectivity index (χ2v) is 8.55. The van der Waals surface area contributed by atoms with Gasteiger partial charge in [-0.1, -0.05) is 40.9 Å².